The van der Waals surface area contributed by atoms with Crippen LogP contribution in [0.1, 0.15) is 26.7 Å². The maximum Gasteiger partial charge on any atom is 0.0969 e. The van der Waals surface area contributed by atoms with Crippen molar-refractivity contribution in [3.8, 4) is 0 Å². The summed E-state index contributed by atoms with van der Waals surface area (Å²) in [7, 11) is 0. The highest BCUT2D eigenvalue weighted by Gasteiger charge is 2.24. The lowest BCUT2D eigenvalue weighted by Crippen LogP contribution is -2.16. The Morgan fingerprint density at radius 2 is 2.23 bits per heavy atom. The Morgan fingerprint density at radius 3 is 2.77 bits per heavy atom. The fourth-order valence-electron chi connectivity index (χ4n) is 1.07. The van der Waals surface area contributed by atoms with E-state index in [9.17, 15) is 0 Å². The number of nitrogens with two attached hydrogens (primary N) is 1. The monoisotopic (exact) mass is 184 g/mol. The summed E-state index contributed by atoms with van der Waals surface area (Å²) in [6.45, 7) is 6.52. The number of hydrogen-bond acceptors (Lipinski definition) is 2. The van der Waals surface area contributed by atoms with Gasteiger partial charge >= 0.3 is 0 Å². The molecule has 0 amide bonds. The first kappa shape index (κ1) is 10.5. The van der Waals surface area contributed by atoms with Gasteiger partial charge in [-0.3, -0.25) is 4.99 Å². The fourth-order valence-corrected chi connectivity index (χ4v) is 1.07. The second-order valence-corrected chi connectivity index (χ2v) is 4.05. The lowest BCUT2D eigenvalue weighted by atomic mass is 10.2. The van der Waals surface area contributed by atoms with Gasteiger partial charge in [0.25, 0.3) is 0 Å². The molecule has 0 saturated heterocycles. The third kappa shape index (κ3) is 4.88. The first-order valence-corrected chi connectivity index (χ1v) is 5.07. The summed E-state index contributed by atoms with van der Waals surface area (Å²) in [5, 5.41) is 0. The van der Waals surface area contributed by atoms with Gasteiger partial charge in [-0.2, -0.15) is 0 Å². The lowest BCUT2D eigenvalue weighted by molar-refractivity contribution is 0.117. The summed E-state index contributed by atoms with van der Waals surface area (Å²) in [5.74, 6) is 2.02. The largest absolute Gasteiger partial charge is 0.387 e. The molecule has 76 valence electrons. The number of amidine groups is 1. The van der Waals surface area contributed by atoms with Gasteiger partial charge in [-0.25, -0.2) is 0 Å². The summed E-state index contributed by atoms with van der Waals surface area (Å²) in [5.41, 5.74) is 5.72. The van der Waals surface area contributed by atoms with E-state index in [0.717, 1.165) is 19.0 Å². The van der Waals surface area contributed by atoms with Crippen LogP contribution in [0.25, 0.3) is 0 Å². The summed E-state index contributed by atoms with van der Waals surface area (Å²) in [4.78, 5) is 4.25. The van der Waals surface area contributed by atoms with E-state index in [1.54, 1.807) is 0 Å². The average Bonchev–Trinajstić information content (AvgIpc) is 2.85. The molecule has 3 nitrogen and oxygen atoms in total. The molecule has 0 heterocycles. The van der Waals surface area contributed by atoms with Crippen LogP contribution in [0.5, 0.6) is 0 Å². The molecule has 0 atom stereocenters. The van der Waals surface area contributed by atoms with Crippen molar-refractivity contribution in [2.24, 2.45) is 22.6 Å². The van der Waals surface area contributed by atoms with Crippen LogP contribution in [0.15, 0.2) is 4.99 Å². The van der Waals surface area contributed by atoms with E-state index in [4.69, 9.17) is 10.5 Å². The van der Waals surface area contributed by atoms with Gasteiger partial charge in [0.2, 0.25) is 0 Å². The number of nitrogens with zero attached hydrogens (tertiary/aromatic N) is 1. The van der Waals surface area contributed by atoms with Crippen molar-refractivity contribution in [2.75, 3.05) is 19.8 Å². The second-order valence-electron chi connectivity index (χ2n) is 4.05. The van der Waals surface area contributed by atoms with Crippen molar-refractivity contribution in [1.29, 1.82) is 0 Å². The highest BCUT2D eigenvalue weighted by Crippen LogP contribution is 2.28. The van der Waals surface area contributed by atoms with Crippen LogP contribution < -0.4 is 5.73 Å². The van der Waals surface area contributed by atoms with Crippen molar-refractivity contribution in [1.82, 2.24) is 0 Å². The SMILES string of the molecule is CC(C)COCCN=C(N)C1CC1. The number of ether oxygens (including phenoxy) is 1. The Balaban J connectivity index is 1.96. The quantitative estimate of drug-likeness (QED) is 0.385. The van der Waals surface area contributed by atoms with Gasteiger partial charge in [0, 0.05) is 12.5 Å². The van der Waals surface area contributed by atoms with E-state index in [1.807, 2.05) is 0 Å². The normalized spacial score (nSPS) is 18.2. The minimum absolute atomic E-state index is 0.588. The fraction of sp³-hybridized carbons (Fsp3) is 0.900. The van der Waals surface area contributed by atoms with Crippen molar-refractivity contribution < 1.29 is 4.74 Å². The van der Waals surface area contributed by atoms with Gasteiger partial charge in [0.15, 0.2) is 0 Å². The van der Waals surface area contributed by atoms with Gasteiger partial charge in [-0.15, -0.1) is 0 Å². The molecule has 0 radical (unpaired) electrons. The zero-order valence-electron chi connectivity index (χ0n) is 8.62. The Hall–Kier alpha value is -0.570. The zero-order valence-corrected chi connectivity index (χ0v) is 8.62. The predicted octanol–water partition coefficient (Wildman–Crippen LogP) is 1.43. The zero-order chi connectivity index (χ0) is 9.68. The third-order valence-electron chi connectivity index (χ3n) is 1.98. The molecule has 0 aromatic heterocycles. The van der Waals surface area contributed by atoms with Gasteiger partial charge < -0.3 is 10.5 Å². The molecule has 1 aliphatic rings. The van der Waals surface area contributed by atoms with Gasteiger partial charge in [-0.05, 0) is 18.8 Å². The molecule has 0 unspecified atom stereocenters. The van der Waals surface area contributed by atoms with Crippen molar-refractivity contribution in [3.63, 3.8) is 0 Å². The number of aliphatic imine (C=N–C) groups is 1. The highest BCUT2D eigenvalue weighted by molar-refractivity contribution is 5.84. The molecule has 13 heavy (non-hydrogen) atoms. The first-order valence-electron chi connectivity index (χ1n) is 5.07. The Morgan fingerprint density at radius 1 is 1.54 bits per heavy atom. The van der Waals surface area contributed by atoms with Gasteiger partial charge in [0.05, 0.1) is 19.0 Å². The second kappa shape index (κ2) is 5.22. The molecule has 0 bridgehead atoms. The smallest absolute Gasteiger partial charge is 0.0969 e. The topological polar surface area (TPSA) is 47.6 Å². The van der Waals surface area contributed by atoms with Gasteiger partial charge in [0.1, 0.15) is 0 Å². The van der Waals surface area contributed by atoms with E-state index < -0.39 is 0 Å². The number of hydrogen-bond donors (Lipinski definition) is 1. The molecule has 0 aromatic carbocycles. The summed E-state index contributed by atoms with van der Waals surface area (Å²) in [6.07, 6.45) is 2.45. The minimum atomic E-state index is 0.588. The molecule has 1 rings (SSSR count). The van der Waals surface area contributed by atoms with Crippen molar-refractivity contribution >= 4 is 5.84 Å². The van der Waals surface area contributed by atoms with E-state index in [-0.39, 0.29) is 0 Å². The average molecular weight is 184 g/mol. The molecule has 0 spiro atoms. The molecule has 3 heteroatoms. The van der Waals surface area contributed by atoms with Crippen LogP contribution in [-0.4, -0.2) is 25.6 Å². The van der Waals surface area contributed by atoms with Crippen LogP contribution >= 0.6 is 0 Å². The minimum Gasteiger partial charge on any atom is -0.387 e. The van der Waals surface area contributed by atoms with E-state index in [1.165, 1.54) is 12.8 Å². The Labute approximate surface area is 80.4 Å². The standard InChI is InChI=1S/C10H20N2O/c1-8(2)7-13-6-5-12-10(11)9-3-4-9/h8-9H,3-7H2,1-2H3,(H2,11,12). The van der Waals surface area contributed by atoms with Crippen molar-refractivity contribution in [2.45, 2.75) is 26.7 Å². The maximum absolute atomic E-state index is 5.72. The molecule has 1 fully saturated rings. The first-order chi connectivity index (χ1) is 6.20. The molecule has 0 aromatic rings. The molecule has 2 N–H and O–H groups in total. The van der Waals surface area contributed by atoms with E-state index in [2.05, 4.69) is 18.8 Å². The summed E-state index contributed by atoms with van der Waals surface area (Å²) < 4.78 is 5.38. The van der Waals surface area contributed by atoms with Crippen molar-refractivity contribution in [3.05, 3.63) is 0 Å². The van der Waals surface area contributed by atoms with Crippen LogP contribution in [0.2, 0.25) is 0 Å². The van der Waals surface area contributed by atoms with Crippen LogP contribution in [0.3, 0.4) is 0 Å². The molecule has 1 saturated carbocycles. The third-order valence-corrected chi connectivity index (χ3v) is 1.98. The maximum atomic E-state index is 5.72. The highest BCUT2D eigenvalue weighted by atomic mass is 16.5. The van der Waals surface area contributed by atoms with Gasteiger partial charge in [-0.1, -0.05) is 13.8 Å². The number of rotatable bonds is 6. The molecular formula is C10H20N2O. The Bertz CT molecular complexity index is 174. The van der Waals surface area contributed by atoms with E-state index >= 15 is 0 Å². The predicted molar refractivity (Wildman–Crippen MR) is 54.9 cm³/mol. The molecule has 1 aliphatic carbocycles. The molecular weight excluding hydrogens is 164 g/mol. The summed E-state index contributed by atoms with van der Waals surface area (Å²) in [6, 6.07) is 0. The molecule has 0 aliphatic heterocycles. The van der Waals surface area contributed by atoms with Crippen LogP contribution in [0, 0.1) is 11.8 Å². The van der Waals surface area contributed by atoms with Crippen LogP contribution in [-0.2, 0) is 4.74 Å². The lowest BCUT2D eigenvalue weighted by Gasteiger charge is -2.04. The van der Waals surface area contributed by atoms with E-state index in [0.29, 0.717) is 18.4 Å². The summed E-state index contributed by atoms with van der Waals surface area (Å²) >= 11 is 0. The Kier molecular flexibility index (Phi) is 4.22. The van der Waals surface area contributed by atoms with Crippen LogP contribution in [0.4, 0.5) is 0 Å².